The predicted octanol–water partition coefficient (Wildman–Crippen LogP) is 5.91. The molecule has 0 aromatic heterocycles. The molecule has 16 heavy (non-hydrogen) atoms. The first-order valence-corrected chi connectivity index (χ1v) is 7.29. The monoisotopic (exact) mass is 226 g/mol. The minimum absolute atomic E-state index is 0.514. The van der Waals surface area contributed by atoms with E-state index < -0.39 is 0 Å². The zero-order valence-corrected chi connectivity index (χ0v) is 12.8. The normalized spacial score (nSPS) is 16.5. The van der Waals surface area contributed by atoms with E-state index in [9.17, 15) is 0 Å². The van der Waals surface area contributed by atoms with Crippen LogP contribution in [-0.2, 0) is 0 Å². The van der Waals surface area contributed by atoms with Crippen molar-refractivity contribution >= 4 is 0 Å². The number of rotatable bonds is 8. The van der Waals surface area contributed by atoms with Gasteiger partial charge in [-0.15, -0.1) is 0 Å². The van der Waals surface area contributed by atoms with Crippen LogP contribution in [0.1, 0.15) is 80.6 Å². The van der Waals surface area contributed by atoms with Crippen molar-refractivity contribution in [1.29, 1.82) is 0 Å². The molecule has 0 aromatic carbocycles. The van der Waals surface area contributed by atoms with Gasteiger partial charge in [-0.1, -0.05) is 67.7 Å². The molecule has 2 atom stereocenters. The average Bonchev–Trinajstić information content (AvgIpc) is 2.12. The Labute approximate surface area is 104 Å². The maximum absolute atomic E-state index is 2.45. The lowest BCUT2D eigenvalue weighted by atomic mass is 9.72. The average molecular weight is 226 g/mol. The second-order valence-corrected chi connectivity index (χ2v) is 6.96. The maximum Gasteiger partial charge on any atom is -0.0326 e. The van der Waals surface area contributed by atoms with Gasteiger partial charge in [-0.25, -0.2) is 0 Å². The van der Waals surface area contributed by atoms with Crippen LogP contribution in [0, 0.1) is 23.2 Å². The van der Waals surface area contributed by atoms with Crippen molar-refractivity contribution in [3.63, 3.8) is 0 Å². The summed E-state index contributed by atoms with van der Waals surface area (Å²) >= 11 is 0. The van der Waals surface area contributed by atoms with Crippen LogP contribution in [0.25, 0.3) is 0 Å². The van der Waals surface area contributed by atoms with Crippen LogP contribution < -0.4 is 0 Å². The fraction of sp³-hybridized carbons (Fsp3) is 1.00. The van der Waals surface area contributed by atoms with Crippen LogP contribution in [0.15, 0.2) is 0 Å². The molecule has 98 valence electrons. The van der Waals surface area contributed by atoms with E-state index in [2.05, 4.69) is 48.5 Å². The molecule has 0 fully saturated rings. The van der Waals surface area contributed by atoms with E-state index in [1.54, 1.807) is 0 Å². The summed E-state index contributed by atoms with van der Waals surface area (Å²) in [6, 6.07) is 0. The molecule has 0 aliphatic carbocycles. The first-order valence-electron chi connectivity index (χ1n) is 7.29. The molecule has 0 aromatic rings. The molecule has 0 saturated heterocycles. The summed E-state index contributed by atoms with van der Waals surface area (Å²) in [5.41, 5.74) is 0.514. The third-order valence-corrected chi connectivity index (χ3v) is 4.14. The Morgan fingerprint density at radius 3 is 1.88 bits per heavy atom. The Bertz CT molecular complexity index is 167. The Morgan fingerprint density at radius 2 is 1.44 bits per heavy atom. The van der Waals surface area contributed by atoms with Crippen LogP contribution in [-0.4, -0.2) is 0 Å². The van der Waals surface area contributed by atoms with Crippen LogP contribution >= 0.6 is 0 Å². The molecule has 0 aliphatic heterocycles. The molecule has 0 aliphatic rings. The fourth-order valence-electron chi connectivity index (χ4n) is 2.82. The van der Waals surface area contributed by atoms with E-state index in [1.807, 2.05) is 0 Å². The molecule has 0 rings (SSSR count). The van der Waals surface area contributed by atoms with E-state index >= 15 is 0 Å². The van der Waals surface area contributed by atoms with E-state index in [0.29, 0.717) is 5.41 Å². The van der Waals surface area contributed by atoms with E-state index in [-0.39, 0.29) is 0 Å². The van der Waals surface area contributed by atoms with E-state index in [4.69, 9.17) is 0 Å². The summed E-state index contributed by atoms with van der Waals surface area (Å²) < 4.78 is 0. The van der Waals surface area contributed by atoms with Gasteiger partial charge in [-0.2, -0.15) is 0 Å². The molecule has 0 nitrogen and oxygen atoms in total. The highest BCUT2D eigenvalue weighted by Crippen LogP contribution is 2.37. The van der Waals surface area contributed by atoms with Crippen molar-refractivity contribution in [2.45, 2.75) is 80.6 Å². The zero-order valence-electron chi connectivity index (χ0n) is 12.8. The Hall–Kier alpha value is 0. The second-order valence-electron chi connectivity index (χ2n) is 6.96. The summed E-state index contributed by atoms with van der Waals surface area (Å²) in [6.45, 7) is 16.7. The predicted molar refractivity (Wildman–Crippen MR) is 75.7 cm³/mol. The SMILES string of the molecule is CCCC(C)CCC(C)C(C)(C)CC(C)C. The van der Waals surface area contributed by atoms with Crippen molar-refractivity contribution < 1.29 is 0 Å². The minimum atomic E-state index is 0.514. The molecule has 0 N–H and O–H groups in total. The fourth-order valence-corrected chi connectivity index (χ4v) is 2.82. The Balaban J connectivity index is 3.98. The largest absolute Gasteiger partial charge is 0.0654 e. The van der Waals surface area contributed by atoms with Crippen molar-refractivity contribution in [2.24, 2.45) is 23.2 Å². The molecule has 0 spiro atoms. The quantitative estimate of drug-likeness (QED) is 0.482. The van der Waals surface area contributed by atoms with Crippen molar-refractivity contribution in [2.75, 3.05) is 0 Å². The topological polar surface area (TPSA) is 0 Å². The molecule has 0 radical (unpaired) electrons. The van der Waals surface area contributed by atoms with Crippen molar-refractivity contribution in [3.8, 4) is 0 Å². The van der Waals surface area contributed by atoms with E-state index in [0.717, 1.165) is 17.8 Å². The number of hydrogen-bond acceptors (Lipinski definition) is 0. The van der Waals surface area contributed by atoms with Gasteiger partial charge in [0.05, 0.1) is 0 Å². The van der Waals surface area contributed by atoms with Crippen LogP contribution in [0.2, 0.25) is 0 Å². The third kappa shape index (κ3) is 6.55. The van der Waals surface area contributed by atoms with Gasteiger partial charge in [-0.05, 0) is 36.0 Å². The van der Waals surface area contributed by atoms with Crippen molar-refractivity contribution in [1.82, 2.24) is 0 Å². The van der Waals surface area contributed by atoms with Crippen LogP contribution in [0.5, 0.6) is 0 Å². The Morgan fingerprint density at radius 1 is 0.875 bits per heavy atom. The van der Waals surface area contributed by atoms with E-state index in [1.165, 1.54) is 32.1 Å². The molecule has 0 amide bonds. The van der Waals surface area contributed by atoms with Crippen LogP contribution in [0.3, 0.4) is 0 Å². The van der Waals surface area contributed by atoms with Gasteiger partial charge in [0.15, 0.2) is 0 Å². The van der Waals surface area contributed by atoms with Gasteiger partial charge in [0, 0.05) is 0 Å². The van der Waals surface area contributed by atoms with Gasteiger partial charge < -0.3 is 0 Å². The first kappa shape index (κ1) is 16.0. The maximum atomic E-state index is 2.45. The number of hydrogen-bond donors (Lipinski definition) is 0. The first-order chi connectivity index (χ1) is 7.29. The van der Waals surface area contributed by atoms with Crippen molar-refractivity contribution in [3.05, 3.63) is 0 Å². The summed E-state index contributed by atoms with van der Waals surface area (Å²) in [4.78, 5) is 0. The molecule has 0 heterocycles. The summed E-state index contributed by atoms with van der Waals surface area (Å²) in [6.07, 6.45) is 6.91. The Kier molecular flexibility index (Phi) is 7.35. The highest BCUT2D eigenvalue weighted by atomic mass is 14.3. The summed E-state index contributed by atoms with van der Waals surface area (Å²) in [5.74, 6) is 2.60. The molecule has 2 unspecified atom stereocenters. The molecular formula is C16H34. The highest BCUT2D eigenvalue weighted by molar-refractivity contribution is 4.77. The van der Waals surface area contributed by atoms with Gasteiger partial charge in [-0.3, -0.25) is 0 Å². The smallest absolute Gasteiger partial charge is 0.0326 e. The van der Waals surface area contributed by atoms with Gasteiger partial charge in [0.2, 0.25) is 0 Å². The van der Waals surface area contributed by atoms with Crippen LogP contribution in [0.4, 0.5) is 0 Å². The van der Waals surface area contributed by atoms with Gasteiger partial charge in [0.1, 0.15) is 0 Å². The highest BCUT2D eigenvalue weighted by Gasteiger charge is 2.26. The summed E-state index contributed by atoms with van der Waals surface area (Å²) in [5, 5.41) is 0. The zero-order chi connectivity index (χ0) is 12.8. The summed E-state index contributed by atoms with van der Waals surface area (Å²) in [7, 11) is 0. The lowest BCUT2D eigenvalue weighted by molar-refractivity contribution is 0.166. The minimum Gasteiger partial charge on any atom is -0.0654 e. The lowest BCUT2D eigenvalue weighted by Crippen LogP contribution is -2.24. The molecule has 0 heteroatoms. The molecule has 0 bridgehead atoms. The van der Waals surface area contributed by atoms with Gasteiger partial charge in [0.25, 0.3) is 0 Å². The second kappa shape index (κ2) is 7.35. The standard InChI is InChI=1S/C16H34/c1-8-9-14(4)10-11-15(5)16(6,7)12-13(2)3/h13-15H,8-12H2,1-7H3. The third-order valence-electron chi connectivity index (χ3n) is 4.14. The lowest BCUT2D eigenvalue weighted by Gasteiger charge is -2.34. The molecule has 0 saturated carbocycles. The molecular weight excluding hydrogens is 192 g/mol. The van der Waals surface area contributed by atoms with Gasteiger partial charge >= 0.3 is 0 Å².